The Bertz CT molecular complexity index is 765. The van der Waals surface area contributed by atoms with Crippen molar-refractivity contribution >= 4 is 8.19 Å². The molecule has 1 fully saturated rings. The lowest BCUT2D eigenvalue weighted by Gasteiger charge is -2.29. The molecule has 0 unspecified atom stereocenters. The Kier molecular flexibility index (Phi) is 4.99. The summed E-state index contributed by atoms with van der Waals surface area (Å²) in [7, 11) is 1.40. The topological polar surface area (TPSA) is 0 Å². The molecule has 1 aliphatic rings. The van der Waals surface area contributed by atoms with Gasteiger partial charge in [-0.3, -0.25) is 0 Å². The highest BCUT2D eigenvalue weighted by molar-refractivity contribution is 7.34. The van der Waals surface area contributed by atoms with Crippen molar-refractivity contribution in [3.63, 3.8) is 0 Å². The fourth-order valence-corrected chi connectivity index (χ4v) is 5.56. The molecule has 0 radical (unpaired) electrons. The van der Waals surface area contributed by atoms with E-state index in [2.05, 4.69) is 79.7 Å². The molecule has 3 aromatic rings. The zero-order valence-electron chi connectivity index (χ0n) is 14.9. The Labute approximate surface area is 153 Å². The van der Waals surface area contributed by atoms with E-state index in [1.165, 1.54) is 55.9 Å². The van der Waals surface area contributed by atoms with Gasteiger partial charge in [0.1, 0.15) is 0 Å². The van der Waals surface area contributed by atoms with Crippen molar-refractivity contribution in [3.8, 4) is 22.0 Å². The molecule has 2 atom stereocenters. The first-order valence-corrected chi connectivity index (χ1v) is 10.3. The molecular weight excluding hydrogens is 319 g/mol. The Morgan fingerprint density at radius 3 is 2.04 bits per heavy atom. The van der Waals surface area contributed by atoms with Crippen molar-refractivity contribution < 1.29 is 0 Å². The van der Waals surface area contributed by atoms with E-state index in [1.807, 2.05) is 0 Å². The standard InChI is InChI=1S/C24H25P/c1-18-10-8-9-15-22(18)24-17-21(19-11-4-2-5-12-19)16-23(25-24)20-13-6-3-7-14-20/h2-7,11-14,16-18,22H,8-10,15H2,1H3/t18-,22-/m1/s1. The lowest BCUT2D eigenvalue weighted by atomic mass is 9.79. The van der Waals surface area contributed by atoms with Gasteiger partial charge in [0.15, 0.2) is 0 Å². The summed E-state index contributed by atoms with van der Waals surface area (Å²) in [5, 5.41) is 3.06. The van der Waals surface area contributed by atoms with Gasteiger partial charge in [-0.2, -0.15) is 0 Å². The summed E-state index contributed by atoms with van der Waals surface area (Å²) >= 11 is 0. The van der Waals surface area contributed by atoms with Gasteiger partial charge in [-0.15, -0.1) is 0 Å². The summed E-state index contributed by atoms with van der Waals surface area (Å²) in [6, 6.07) is 26.6. The van der Waals surface area contributed by atoms with E-state index in [0.717, 1.165) is 11.8 Å². The molecule has 2 aromatic carbocycles. The van der Waals surface area contributed by atoms with Gasteiger partial charge in [0.2, 0.25) is 0 Å². The third-order valence-corrected chi connectivity index (χ3v) is 6.86. The highest BCUT2D eigenvalue weighted by atomic mass is 31.0. The summed E-state index contributed by atoms with van der Waals surface area (Å²) < 4.78 is 0. The second-order valence-corrected chi connectivity index (χ2v) is 8.49. The van der Waals surface area contributed by atoms with Crippen LogP contribution in [0.5, 0.6) is 0 Å². The lowest BCUT2D eigenvalue weighted by molar-refractivity contribution is 0.334. The van der Waals surface area contributed by atoms with Gasteiger partial charge in [0.05, 0.1) is 0 Å². The molecule has 0 bridgehead atoms. The van der Waals surface area contributed by atoms with Crippen LogP contribution in [0.25, 0.3) is 22.0 Å². The third kappa shape index (κ3) is 3.70. The van der Waals surface area contributed by atoms with Crippen molar-refractivity contribution in [1.29, 1.82) is 0 Å². The van der Waals surface area contributed by atoms with Crippen LogP contribution in [0.1, 0.15) is 43.8 Å². The molecule has 1 heterocycles. The van der Waals surface area contributed by atoms with E-state index in [4.69, 9.17) is 0 Å². The maximum atomic E-state index is 2.48. The predicted molar refractivity (Wildman–Crippen MR) is 110 cm³/mol. The van der Waals surface area contributed by atoms with Gasteiger partial charge in [0, 0.05) is 5.30 Å². The van der Waals surface area contributed by atoms with E-state index in [0.29, 0.717) is 0 Å². The SMILES string of the molecule is C[C@@H]1CCCC[C@H]1c1cc(-c2ccccc2)cc(-c2ccccc2)p1. The molecular formula is C24H25P. The van der Waals surface area contributed by atoms with Gasteiger partial charge in [-0.1, -0.05) is 95.0 Å². The third-order valence-electron chi connectivity index (χ3n) is 5.51. The predicted octanol–water partition coefficient (Wildman–Crippen LogP) is 7.89. The van der Waals surface area contributed by atoms with E-state index < -0.39 is 0 Å². The minimum atomic E-state index is 0.738. The molecule has 25 heavy (non-hydrogen) atoms. The minimum absolute atomic E-state index is 0.738. The molecule has 0 nitrogen and oxygen atoms in total. The van der Waals surface area contributed by atoms with Crippen molar-refractivity contribution in [1.82, 2.24) is 0 Å². The summed E-state index contributed by atoms with van der Waals surface area (Å²) in [6.45, 7) is 2.45. The summed E-state index contributed by atoms with van der Waals surface area (Å²) in [6.07, 6.45) is 5.51. The molecule has 1 saturated carbocycles. The van der Waals surface area contributed by atoms with Crippen LogP contribution in [0, 0.1) is 5.92 Å². The highest BCUT2D eigenvalue weighted by Gasteiger charge is 2.24. The van der Waals surface area contributed by atoms with Gasteiger partial charge >= 0.3 is 0 Å². The molecule has 0 aliphatic heterocycles. The maximum Gasteiger partial charge on any atom is 0.00991 e. The van der Waals surface area contributed by atoms with Crippen molar-refractivity contribution in [2.45, 2.75) is 38.5 Å². The number of hydrogen-bond donors (Lipinski definition) is 0. The fraction of sp³-hybridized carbons (Fsp3) is 0.292. The van der Waals surface area contributed by atoms with Crippen LogP contribution in [-0.4, -0.2) is 0 Å². The molecule has 1 aromatic heterocycles. The molecule has 0 N–H and O–H groups in total. The molecule has 126 valence electrons. The van der Waals surface area contributed by atoms with E-state index >= 15 is 0 Å². The Morgan fingerprint density at radius 1 is 0.720 bits per heavy atom. The molecule has 0 amide bonds. The number of hydrogen-bond acceptors (Lipinski definition) is 0. The highest BCUT2D eigenvalue weighted by Crippen LogP contribution is 2.45. The zero-order chi connectivity index (χ0) is 17.1. The normalized spacial score (nSPS) is 20.7. The summed E-state index contributed by atoms with van der Waals surface area (Å²) in [5.74, 6) is 1.54. The Hall–Kier alpha value is -1.91. The lowest BCUT2D eigenvalue weighted by Crippen LogP contribution is -2.13. The van der Waals surface area contributed by atoms with Crippen LogP contribution in [0.4, 0.5) is 0 Å². The molecule has 0 spiro atoms. The Morgan fingerprint density at radius 2 is 1.36 bits per heavy atom. The van der Waals surface area contributed by atoms with E-state index in [1.54, 1.807) is 5.30 Å². The van der Waals surface area contributed by atoms with E-state index in [-0.39, 0.29) is 0 Å². The minimum Gasteiger partial charge on any atom is -0.0639 e. The molecule has 4 rings (SSSR count). The van der Waals surface area contributed by atoms with Crippen LogP contribution >= 0.6 is 8.19 Å². The van der Waals surface area contributed by atoms with Crippen LogP contribution in [0.3, 0.4) is 0 Å². The first-order valence-electron chi connectivity index (χ1n) is 9.44. The maximum absolute atomic E-state index is 2.48. The van der Waals surface area contributed by atoms with Crippen LogP contribution in [0.15, 0.2) is 72.8 Å². The van der Waals surface area contributed by atoms with Gasteiger partial charge < -0.3 is 0 Å². The first kappa shape index (κ1) is 16.6. The molecule has 1 heteroatoms. The van der Waals surface area contributed by atoms with E-state index in [9.17, 15) is 0 Å². The average Bonchev–Trinajstić information content (AvgIpc) is 2.69. The van der Waals surface area contributed by atoms with Crippen molar-refractivity contribution in [2.75, 3.05) is 0 Å². The number of benzene rings is 2. The van der Waals surface area contributed by atoms with Crippen molar-refractivity contribution in [3.05, 3.63) is 78.1 Å². The van der Waals surface area contributed by atoms with Gasteiger partial charge in [-0.05, 0) is 52.4 Å². The molecule has 0 saturated heterocycles. The van der Waals surface area contributed by atoms with Crippen LogP contribution in [0.2, 0.25) is 0 Å². The number of rotatable bonds is 3. The quantitative estimate of drug-likeness (QED) is 0.453. The second kappa shape index (κ2) is 7.54. The fourth-order valence-electron chi connectivity index (χ4n) is 4.05. The second-order valence-electron chi connectivity index (χ2n) is 7.27. The monoisotopic (exact) mass is 344 g/mol. The zero-order valence-corrected chi connectivity index (χ0v) is 15.8. The molecule has 1 aliphatic carbocycles. The average molecular weight is 344 g/mol. The Balaban J connectivity index is 1.83. The van der Waals surface area contributed by atoms with Crippen LogP contribution in [-0.2, 0) is 0 Å². The first-order chi connectivity index (χ1) is 12.3. The van der Waals surface area contributed by atoms with Crippen molar-refractivity contribution in [2.24, 2.45) is 5.92 Å². The summed E-state index contributed by atoms with van der Waals surface area (Å²) in [5.41, 5.74) is 4.05. The largest absolute Gasteiger partial charge is 0.0639 e. The smallest absolute Gasteiger partial charge is 0.00991 e. The van der Waals surface area contributed by atoms with Crippen LogP contribution < -0.4 is 0 Å². The van der Waals surface area contributed by atoms with Gasteiger partial charge in [-0.25, -0.2) is 0 Å². The van der Waals surface area contributed by atoms with Gasteiger partial charge in [0.25, 0.3) is 0 Å². The summed E-state index contributed by atoms with van der Waals surface area (Å²) in [4.78, 5) is 0.